The predicted molar refractivity (Wildman–Crippen MR) is 150 cm³/mol. The number of benzene rings is 2. The largest absolute Gasteiger partial charge is 0.491 e. The van der Waals surface area contributed by atoms with E-state index in [-0.39, 0.29) is 18.7 Å². The molecular formula is C30H38N4O5. The lowest BCUT2D eigenvalue weighted by molar-refractivity contribution is -0.124. The van der Waals surface area contributed by atoms with Gasteiger partial charge in [-0.2, -0.15) is 5.26 Å². The van der Waals surface area contributed by atoms with E-state index in [0.717, 1.165) is 11.1 Å². The number of ether oxygens (including phenoxy) is 2. The summed E-state index contributed by atoms with van der Waals surface area (Å²) >= 11 is 0. The van der Waals surface area contributed by atoms with Crippen molar-refractivity contribution >= 4 is 24.0 Å². The minimum Gasteiger partial charge on any atom is -0.491 e. The molecule has 0 aromatic heterocycles. The van der Waals surface area contributed by atoms with Crippen LogP contribution in [-0.2, 0) is 20.9 Å². The first kappa shape index (κ1) is 30.9. The maximum Gasteiger partial charge on any atom is 0.408 e. The molecule has 2 aromatic carbocycles. The third-order valence-corrected chi connectivity index (χ3v) is 5.03. The van der Waals surface area contributed by atoms with Crippen LogP contribution >= 0.6 is 0 Å². The second-order valence-corrected chi connectivity index (χ2v) is 11.2. The lowest BCUT2D eigenvalue weighted by Gasteiger charge is -2.23. The van der Waals surface area contributed by atoms with Gasteiger partial charge in [0, 0.05) is 12.1 Å². The Labute approximate surface area is 230 Å². The molecule has 0 aliphatic rings. The van der Waals surface area contributed by atoms with E-state index in [1.54, 1.807) is 45.0 Å². The molecule has 0 saturated heterocycles. The first-order valence-electron chi connectivity index (χ1n) is 12.6. The molecule has 9 nitrogen and oxygen atoms in total. The van der Waals surface area contributed by atoms with Gasteiger partial charge in [-0.1, -0.05) is 42.0 Å². The van der Waals surface area contributed by atoms with Crippen LogP contribution in [0, 0.1) is 18.3 Å². The molecule has 0 aliphatic carbocycles. The van der Waals surface area contributed by atoms with Crippen molar-refractivity contribution in [2.24, 2.45) is 0 Å². The summed E-state index contributed by atoms with van der Waals surface area (Å²) in [4.78, 5) is 37.8. The molecule has 0 saturated carbocycles. The lowest BCUT2D eigenvalue weighted by Crippen LogP contribution is -2.51. The van der Waals surface area contributed by atoms with E-state index >= 15 is 0 Å². The molecule has 3 amide bonds. The Hall–Kier alpha value is -4.32. The highest BCUT2D eigenvalue weighted by Gasteiger charge is 2.25. The van der Waals surface area contributed by atoms with Crippen LogP contribution in [-0.4, -0.2) is 41.7 Å². The molecule has 9 heteroatoms. The number of alkyl carbamates (subject to hydrolysis) is 1. The summed E-state index contributed by atoms with van der Waals surface area (Å²) in [7, 11) is 0. The standard InChI is InChI=1S/C30H38N4O5/c1-20-11-13-21(14-12-20)18-32-27(36)25(33-28(37)39-30(5,6)7)19-38-24-10-8-9-22(16-24)15-23(17-31)26(35)34-29(2,3)4/h8-16,25H,18-19H2,1-7H3,(H,32,36)(H,33,37)(H,34,35)/t25-/m0/s1. The van der Waals surface area contributed by atoms with E-state index in [4.69, 9.17) is 9.47 Å². The van der Waals surface area contributed by atoms with E-state index < -0.39 is 35.1 Å². The second kappa shape index (κ2) is 13.5. The molecule has 39 heavy (non-hydrogen) atoms. The third kappa shape index (κ3) is 11.7. The van der Waals surface area contributed by atoms with Gasteiger partial charge in [0.25, 0.3) is 5.91 Å². The number of nitrogens with zero attached hydrogens (tertiary/aromatic N) is 1. The van der Waals surface area contributed by atoms with Crippen LogP contribution in [0.3, 0.4) is 0 Å². The fraction of sp³-hybridized carbons (Fsp3) is 0.400. The minimum atomic E-state index is -1.04. The summed E-state index contributed by atoms with van der Waals surface area (Å²) in [5.41, 5.74) is 1.29. The molecule has 0 unspecified atom stereocenters. The van der Waals surface area contributed by atoms with Gasteiger partial charge in [0.2, 0.25) is 5.91 Å². The van der Waals surface area contributed by atoms with Gasteiger partial charge in [0.15, 0.2) is 0 Å². The number of amides is 3. The van der Waals surface area contributed by atoms with Crippen molar-refractivity contribution < 1.29 is 23.9 Å². The first-order chi connectivity index (χ1) is 18.1. The smallest absolute Gasteiger partial charge is 0.408 e. The van der Waals surface area contributed by atoms with Gasteiger partial charge in [0.05, 0.1) is 0 Å². The van der Waals surface area contributed by atoms with Crippen LogP contribution in [0.1, 0.15) is 58.2 Å². The monoisotopic (exact) mass is 534 g/mol. The topological polar surface area (TPSA) is 130 Å². The first-order valence-corrected chi connectivity index (χ1v) is 12.6. The van der Waals surface area contributed by atoms with Crippen molar-refractivity contribution in [1.82, 2.24) is 16.0 Å². The number of nitriles is 1. The maximum atomic E-state index is 13.0. The van der Waals surface area contributed by atoms with E-state index in [1.165, 1.54) is 6.08 Å². The van der Waals surface area contributed by atoms with Crippen molar-refractivity contribution in [3.8, 4) is 11.8 Å². The Bertz CT molecular complexity index is 1230. The molecule has 1 atom stereocenters. The van der Waals surface area contributed by atoms with Crippen LogP contribution in [0.25, 0.3) is 6.08 Å². The molecule has 2 rings (SSSR count). The SMILES string of the molecule is Cc1ccc(CNC(=O)[C@H](COc2cccc(C=C(C#N)C(=O)NC(C)(C)C)c2)NC(=O)OC(C)(C)C)cc1. The number of nitrogens with one attached hydrogen (secondary N) is 3. The third-order valence-electron chi connectivity index (χ3n) is 5.03. The van der Waals surface area contributed by atoms with E-state index in [0.29, 0.717) is 11.3 Å². The van der Waals surface area contributed by atoms with E-state index in [2.05, 4.69) is 16.0 Å². The van der Waals surface area contributed by atoms with Crippen molar-refractivity contribution in [1.29, 1.82) is 5.26 Å². The second-order valence-electron chi connectivity index (χ2n) is 11.2. The minimum absolute atomic E-state index is 0.0537. The Morgan fingerprint density at radius 2 is 1.69 bits per heavy atom. The number of carbonyl (C=O) groups is 3. The van der Waals surface area contributed by atoms with E-state index in [1.807, 2.05) is 58.0 Å². The number of aryl methyl sites for hydroxylation is 1. The van der Waals surface area contributed by atoms with Crippen molar-refractivity contribution in [3.63, 3.8) is 0 Å². The molecule has 0 spiro atoms. The molecule has 208 valence electrons. The molecule has 2 aromatic rings. The summed E-state index contributed by atoms with van der Waals surface area (Å²) in [5, 5.41) is 17.6. The number of rotatable bonds is 9. The normalized spacial score (nSPS) is 12.5. The fourth-order valence-corrected chi connectivity index (χ4v) is 3.25. The average Bonchev–Trinajstić information content (AvgIpc) is 2.82. The van der Waals surface area contributed by atoms with Gasteiger partial charge in [-0.05, 0) is 77.8 Å². The Morgan fingerprint density at radius 3 is 2.28 bits per heavy atom. The molecule has 0 radical (unpaired) electrons. The zero-order valence-electron chi connectivity index (χ0n) is 23.7. The van der Waals surface area contributed by atoms with Crippen LogP contribution < -0.4 is 20.7 Å². The number of hydrogen-bond donors (Lipinski definition) is 3. The van der Waals surface area contributed by atoms with Gasteiger partial charge >= 0.3 is 6.09 Å². The highest BCUT2D eigenvalue weighted by atomic mass is 16.6. The highest BCUT2D eigenvalue weighted by Crippen LogP contribution is 2.17. The quantitative estimate of drug-likeness (QED) is 0.323. The fourth-order valence-electron chi connectivity index (χ4n) is 3.25. The van der Waals surface area contributed by atoms with Gasteiger partial charge < -0.3 is 25.4 Å². The van der Waals surface area contributed by atoms with Crippen LogP contribution in [0.5, 0.6) is 5.75 Å². The van der Waals surface area contributed by atoms with Crippen molar-refractivity contribution in [3.05, 3.63) is 70.8 Å². The summed E-state index contributed by atoms with van der Waals surface area (Å²) < 4.78 is 11.2. The predicted octanol–water partition coefficient (Wildman–Crippen LogP) is 4.41. The van der Waals surface area contributed by atoms with Crippen molar-refractivity contribution in [2.45, 2.75) is 72.2 Å². The summed E-state index contributed by atoms with van der Waals surface area (Å²) in [6, 6.07) is 15.3. The summed E-state index contributed by atoms with van der Waals surface area (Å²) in [6.45, 7) is 12.7. The summed E-state index contributed by atoms with van der Waals surface area (Å²) in [5.74, 6) is -0.536. The Morgan fingerprint density at radius 1 is 1.03 bits per heavy atom. The average molecular weight is 535 g/mol. The van der Waals surface area contributed by atoms with Crippen molar-refractivity contribution in [2.75, 3.05) is 6.61 Å². The molecule has 3 N–H and O–H groups in total. The number of hydrogen-bond acceptors (Lipinski definition) is 6. The highest BCUT2D eigenvalue weighted by molar-refractivity contribution is 6.02. The summed E-state index contributed by atoms with van der Waals surface area (Å²) in [6.07, 6.45) is 0.709. The van der Waals surface area contributed by atoms with E-state index in [9.17, 15) is 19.6 Å². The van der Waals surface area contributed by atoms with Crippen LogP contribution in [0.4, 0.5) is 4.79 Å². The molecular weight excluding hydrogens is 496 g/mol. The van der Waals surface area contributed by atoms with Crippen LogP contribution in [0.15, 0.2) is 54.1 Å². The van der Waals surface area contributed by atoms with Gasteiger partial charge in [-0.3, -0.25) is 9.59 Å². The Balaban J connectivity index is 2.15. The van der Waals surface area contributed by atoms with Gasteiger partial charge in [-0.15, -0.1) is 0 Å². The maximum absolute atomic E-state index is 13.0. The zero-order valence-corrected chi connectivity index (χ0v) is 23.7. The van der Waals surface area contributed by atoms with Crippen LogP contribution in [0.2, 0.25) is 0 Å². The molecule has 0 heterocycles. The van der Waals surface area contributed by atoms with Gasteiger partial charge in [0.1, 0.15) is 35.6 Å². The Kier molecular flexibility index (Phi) is 10.7. The molecule has 0 aliphatic heterocycles. The lowest BCUT2D eigenvalue weighted by atomic mass is 10.1. The molecule has 0 fully saturated rings. The molecule has 0 bridgehead atoms. The van der Waals surface area contributed by atoms with Gasteiger partial charge in [-0.25, -0.2) is 4.79 Å². The number of carbonyl (C=O) groups excluding carboxylic acids is 3. The zero-order chi connectivity index (χ0) is 29.2.